The second-order valence-corrected chi connectivity index (χ2v) is 6.18. The first-order chi connectivity index (χ1) is 11.4. The number of hydrogen-bond donors (Lipinski definition) is 1. The highest BCUT2D eigenvalue weighted by molar-refractivity contribution is 6.35. The SMILES string of the molecule is Cc1ccc(CC(=O)OCC(=O)NCc2ccc(Cl)cc2Cl)cc1. The molecule has 1 amide bonds. The number of nitrogens with one attached hydrogen (secondary N) is 1. The van der Waals surface area contributed by atoms with Crippen molar-refractivity contribution in [2.24, 2.45) is 0 Å². The molecule has 0 heterocycles. The molecule has 6 heteroatoms. The van der Waals surface area contributed by atoms with Gasteiger partial charge in [0.2, 0.25) is 0 Å². The van der Waals surface area contributed by atoms with Crippen molar-refractivity contribution in [1.29, 1.82) is 0 Å². The van der Waals surface area contributed by atoms with Gasteiger partial charge in [0.1, 0.15) is 0 Å². The third-order valence-corrected chi connectivity index (χ3v) is 3.91. The molecule has 2 aromatic carbocycles. The van der Waals surface area contributed by atoms with Crippen LogP contribution in [0.25, 0.3) is 0 Å². The number of hydrogen-bond acceptors (Lipinski definition) is 3. The van der Waals surface area contributed by atoms with E-state index in [0.29, 0.717) is 10.0 Å². The second-order valence-electron chi connectivity index (χ2n) is 5.34. The average molecular weight is 366 g/mol. The minimum Gasteiger partial charge on any atom is -0.455 e. The van der Waals surface area contributed by atoms with E-state index in [4.69, 9.17) is 27.9 Å². The summed E-state index contributed by atoms with van der Waals surface area (Å²) in [5.74, 6) is -0.836. The maximum atomic E-state index is 11.7. The van der Waals surface area contributed by atoms with Gasteiger partial charge in [-0.25, -0.2) is 0 Å². The molecule has 0 aliphatic carbocycles. The Morgan fingerprint density at radius 2 is 1.79 bits per heavy atom. The van der Waals surface area contributed by atoms with Crippen molar-refractivity contribution in [3.05, 3.63) is 69.2 Å². The highest BCUT2D eigenvalue weighted by Gasteiger charge is 2.09. The molecule has 0 unspecified atom stereocenters. The fourth-order valence-corrected chi connectivity index (χ4v) is 2.45. The predicted octanol–water partition coefficient (Wildman–Crippen LogP) is 3.70. The Kier molecular flexibility index (Phi) is 6.64. The number of esters is 1. The number of carbonyl (C=O) groups excluding carboxylic acids is 2. The lowest BCUT2D eigenvalue weighted by atomic mass is 10.1. The van der Waals surface area contributed by atoms with E-state index in [1.807, 2.05) is 31.2 Å². The molecule has 24 heavy (non-hydrogen) atoms. The maximum absolute atomic E-state index is 11.7. The fraction of sp³-hybridized carbons (Fsp3) is 0.222. The van der Waals surface area contributed by atoms with Crippen LogP contribution in [0.3, 0.4) is 0 Å². The average Bonchev–Trinajstić information content (AvgIpc) is 2.54. The largest absolute Gasteiger partial charge is 0.455 e. The van der Waals surface area contributed by atoms with E-state index in [2.05, 4.69) is 5.32 Å². The number of benzene rings is 2. The summed E-state index contributed by atoms with van der Waals surface area (Å²) < 4.78 is 4.97. The van der Waals surface area contributed by atoms with Crippen LogP contribution in [0.1, 0.15) is 16.7 Å². The number of amides is 1. The first-order valence-corrected chi connectivity index (χ1v) is 8.11. The zero-order valence-corrected chi connectivity index (χ0v) is 14.7. The minimum absolute atomic E-state index is 0.135. The summed E-state index contributed by atoms with van der Waals surface area (Å²) in [6.07, 6.45) is 0.135. The lowest BCUT2D eigenvalue weighted by molar-refractivity contribution is -0.147. The van der Waals surface area contributed by atoms with Gasteiger partial charge in [-0.3, -0.25) is 9.59 Å². The van der Waals surface area contributed by atoms with Gasteiger partial charge in [0.25, 0.3) is 5.91 Å². The van der Waals surface area contributed by atoms with E-state index < -0.39 is 11.9 Å². The van der Waals surface area contributed by atoms with Gasteiger partial charge in [0.15, 0.2) is 6.61 Å². The Morgan fingerprint density at radius 1 is 1.08 bits per heavy atom. The van der Waals surface area contributed by atoms with Gasteiger partial charge in [-0.15, -0.1) is 0 Å². The molecular formula is C18H17Cl2NO3. The standard InChI is InChI=1S/C18H17Cl2NO3/c1-12-2-4-13(5-3-12)8-18(23)24-11-17(22)21-10-14-6-7-15(19)9-16(14)20/h2-7,9H,8,10-11H2,1H3,(H,21,22). The van der Waals surface area contributed by atoms with E-state index in [1.54, 1.807) is 18.2 Å². The molecule has 0 aromatic heterocycles. The quantitative estimate of drug-likeness (QED) is 0.793. The molecule has 2 rings (SSSR count). The number of carbonyl (C=O) groups is 2. The lowest BCUT2D eigenvalue weighted by Gasteiger charge is -2.08. The summed E-state index contributed by atoms with van der Waals surface area (Å²) in [6.45, 7) is 1.89. The smallest absolute Gasteiger partial charge is 0.310 e. The predicted molar refractivity (Wildman–Crippen MR) is 94.2 cm³/mol. The van der Waals surface area contributed by atoms with Gasteiger partial charge in [0, 0.05) is 16.6 Å². The molecule has 126 valence electrons. The summed E-state index contributed by atoms with van der Waals surface area (Å²) in [4.78, 5) is 23.5. The van der Waals surface area contributed by atoms with Gasteiger partial charge in [-0.1, -0.05) is 59.1 Å². The second kappa shape index (κ2) is 8.71. The van der Waals surface area contributed by atoms with Crippen LogP contribution >= 0.6 is 23.2 Å². The highest BCUT2D eigenvalue weighted by Crippen LogP contribution is 2.20. The molecule has 0 saturated heterocycles. The molecule has 0 saturated carbocycles. The van der Waals surface area contributed by atoms with Crippen molar-refractivity contribution in [1.82, 2.24) is 5.32 Å². The third-order valence-electron chi connectivity index (χ3n) is 3.32. The van der Waals surface area contributed by atoms with Crippen LogP contribution in [-0.2, 0) is 27.3 Å². The third kappa shape index (κ3) is 5.87. The molecule has 0 spiro atoms. The van der Waals surface area contributed by atoms with Gasteiger partial charge in [-0.05, 0) is 30.2 Å². The Hall–Kier alpha value is -2.04. The molecule has 0 radical (unpaired) electrons. The molecule has 0 fully saturated rings. The van der Waals surface area contributed by atoms with Crippen LogP contribution < -0.4 is 5.32 Å². The molecule has 0 bridgehead atoms. The van der Waals surface area contributed by atoms with Crippen molar-refractivity contribution in [2.45, 2.75) is 19.9 Å². The van der Waals surface area contributed by atoms with E-state index in [-0.39, 0.29) is 19.6 Å². The summed E-state index contributed by atoms with van der Waals surface area (Å²) in [5.41, 5.74) is 2.70. The molecular weight excluding hydrogens is 349 g/mol. The zero-order valence-electron chi connectivity index (χ0n) is 13.1. The van der Waals surface area contributed by atoms with Crippen LogP contribution in [0.2, 0.25) is 10.0 Å². The highest BCUT2D eigenvalue weighted by atomic mass is 35.5. The van der Waals surface area contributed by atoms with Gasteiger partial charge in [0.05, 0.1) is 6.42 Å². The van der Waals surface area contributed by atoms with Crippen LogP contribution in [-0.4, -0.2) is 18.5 Å². The number of rotatable bonds is 6. The van der Waals surface area contributed by atoms with E-state index in [1.165, 1.54) is 0 Å². The van der Waals surface area contributed by atoms with Crippen molar-refractivity contribution >= 4 is 35.1 Å². The van der Waals surface area contributed by atoms with Crippen molar-refractivity contribution in [2.75, 3.05) is 6.61 Å². The first-order valence-electron chi connectivity index (χ1n) is 7.36. The minimum atomic E-state index is -0.446. The van der Waals surface area contributed by atoms with Gasteiger partial charge in [-0.2, -0.15) is 0 Å². The monoisotopic (exact) mass is 365 g/mol. The Labute approximate surface area is 150 Å². The molecule has 0 aliphatic rings. The molecule has 4 nitrogen and oxygen atoms in total. The maximum Gasteiger partial charge on any atom is 0.310 e. The van der Waals surface area contributed by atoms with Gasteiger partial charge >= 0.3 is 5.97 Å². The summed E-state index contributed by atoms with van der Waals surface area (Å²) in [6, 6.07) is 12.6. The van der Waals surface area contributed by atoms with E-state index in [0.717, 1.165) is 16.7 Å². The molecule has 2 aromatic rings. The molecule has 0 aliphatic heterocycles. The van der Waals surface area contributed by atoms with Gasteiger partial charge < -0.3 is 10.1 Å². The van der Waals surface area contributed by atoms with Crippen molar-refractivity contribution in [3.8, 4) is 0 Å². The Bertz CT molecular complexity index is 730. The van der Waals surface area contributed by atoms with Crippen LogP contribution in [0.15, 0.2) is 42.5 Å². The van der Waals surface area contributed by atoms with Crippen LogP contribution in [0.5, 0.6) is 0 Å². The number of halogens is 2. The summed E-state index contributed by atoms with van der Waals surface area (Å²) in [7, 11) is 0. The summed E-state index contributed by atoms with van der Waals surface area (Å²) >= 11 is 11.8. The zero-order chi connectivity index (χ0) is 17.5. The van der Waals surface area contributed by atoms with Crippen molar-refractivity contribution in [3.63, 3.8) is 0 Å². The fourth-order valence-electron chi connectivity index (χ4n) is 1.98. The molecule has 1 N–H and O–H groups in total. The summed E-state index contributed by atoms with van der Waals surface area (Å²) in [5, 5.41) is 3.64. The number of aryl methyl sites for hydroxylation is 1. The first kappa shape index (κ1) is 18.3. The Morgan fingerprint density at radius 3 is 2.46 bits per heavy atom. The topological polar surface area (TPSA) is 55.4 Å². The molecule has 0 atom stereocenters. The van der Waals surface area contributed by atoms with Crippen molar-refractivity contribution < 1.29 is 14.3 Å². The normalized spacial score (nSPS) is 10.3. The lowest BCUT2D eigenvalue weighted by Crippen LogP contribution is -2.28. The van der Waals surface area contributed by atoms with E-state index in [9.17, 15) is 9.59 Å². The van der Waals surface area contributed by atoms with Crippen LogP contribution in [0, 0.1) is 6.92 Å². The van der Waals surface area contributed by atoms with Crippen LogP contribution in [0.4, 0.5) is 0 Å². The Balaban J connectivity index is 1.74. The van der Waals surface area contributed by atoms with E-state index >= 15 is 0 Å². The number of ether oxygens (including phenoxy) is 1.